The SMILES string of the molecule is OB(O)c1cn(Cc2ccccc2)cc1Cl. The molecule has 0 aliphatic heterocycles. The molecule has 2 aromatic rings. The Bertz CT molecular complexity index is 470. The smallest absolute Gasteiger partial charge is 0.423 e. The van der Waals surface area contributed by atoms with Gasteiger partial charge < -0.3 is 14.6 Å². The summed E-state index contributed by atoms with van der Waals surface area (Å²) >= 11 is 5.87. The van der Waals surface area contributed by atoms with Gasteiger partial charge in [-0.05, 0) is 5.56 Å². The Balaban J connectivity index is 2.20. The molecule has 0 bridgehead atoms. The van der Waals surface area contributed by atoms with Crippen molar-refractivity contribution >= 4 is 24.2 Å². The molecule has 0 aliphatic carbocycles. The van der Waals surface area contributed by atoms with Gasteiger partial charge in [0.25, 0.3) is 0 Å². The summed E-state index contributed by atoms with van der Waals surface area (Å²) in [6.07, 6.45) is 3.32. The molecule has 2 rings (SSSR count). The third kappa shape index (κ3) is 2.47. The maximum Gasteiger partial charge on any atom is 0.491 e. The molecule has 0 amide bonds. The van der Waals surface area contributed by atoms with Crippen LogP contribution in [0.3, 0.4) is 0 Å². The van der Waals surface area contributed by atoms with Gasteiger partial charge in [0.15, 0.2) is 0 Å². The van der Waals surface area contributed by atoms with Crippen molar-refractivity contribution in [2.45, 2.75) is 6.54 Å². The van der Waals surface area contributed by atoms with Crippen LogP contribution < -0.4 is 5.46 Å². The summed E-state index contributed by atoms with van der Waals surface area (Å²) in [5.74, 6) is 0. The molecule has 0 atom stereocenters. The van der Waals surface area contributed by atoms with Gasteiger partial charge in [-0.3, -0.25) is 0 Å². The van der Waals surface area contributed by atoms with Crippen LogP contribution in [0.25, 0.3) is 0 Å². The Labute approximate surface area is 99.1 Å². The molecule has 0 aliphatic rings. The first kappa shape index (κ1) is 11.3. The summed E-state index contributed by atoms with van der Waals surface area (Å²) in [6.45, 7) is 0.660. The van der Waals surface area contributed by atoms with Crippen LogP contribution in [0.5, 0.6) is 0 Å². The summed E-state index contributed by atoms with van der Waals surface area (Å²) in [4.78, 5) is 0. The third-order valence-corrected chi connectivity index (χ3v) is 2.66. The Morgan fingerprint density at radius 3 is 2.38 bits per heavy atom. The van der Waals surface area contributed by atoms with Crippen molar-refractivity contribution in [2.24, 2.45) is 0 Å². The zero-order valence-corrected chi connectivity index (χ0v) is 9.30. The highest BCUT2D eigenvalue weighted by Crippen LogP contribution is 2.09. The van der Waals surface area contributed by atoms with Crippen molar-refractivity contribution in [3.8, 4) is 0 Å². The molecule has 0 fully saturated rings. The molecule has 0 unspecified atom stereocenters. The number of benzene rings is 1. The second-order valence-corrected chi connectivity index (χ2v) is 4.00. The lowest BCUT2D eigenvalue weighted by Crippen LogP contribution is -2.29. The molecular formula is C11H11BClNO2. The number of hydrogen-bond donors (Lipinski definition) is 2. The number of aromatic nitrogens is 1. The van der Waals surface area contributed by atoms with Crippen LogP contribution in [0.1, 0.15) is 5.56 Å². The first-order valence-electron chi connectivity index (χ1n) is 4.92. The van der Waals surface area contributed by atoms with E-state index in [1.165, 1.54) is 0 Å². The minimum absolute atomic E-state index is 0.331. The molecule has 1 aromatic carbocycles. The lowest BCUT2D eigenvalue weighted by Gasteiger charge is -2.02. The Hall–Kier alpha value is -1.23. The van der Waals surface area contributed by atoms with Gasteiger partial charge in [-0.1, -0.05) is 41.9 Å². The van der Waals surface area contributed by atoms with E-state index in [1.807, 2.05) is 34.9 Å². The van der Waals surface area contributed by atoms with E-state index in [1.54, 1.807) is 12.4 Å². The minimum atomic E-state index is -1.52. The quantitative estimate of drug-likeness (QED) is 0.776. The first-order valence-corrected chi connectivity index (χ1v) is 5.30. The average molecular weight is 235 g/mol. The lowest BCUT2D eigenvalue weighted by atomic mass is 9.83. The topological polar surface area (TPSA) is 45.4 Å². The fourth-order valence-electron chi connectivity index (χ4n) is 1.57. The molecule has 0 radical (unpaired) electrons. The first-order chi connectivity index (χ1) is 7.66. The fourth-order valence-corrected chi connectivity index (χ4v) is 1.84. The Kier molecular flexibility index (Phi) is 3.34. The number of halogens is 1. The van der Waals surface area contributed by atoms with Gasteiger partial charge in [0.05, 0.1) is 5.02 Å². The standard InChI is InChI=1S/C11H11BClNO2/c13-11-8-14(7-10(11)12(15)16)6-9-4-2-1-3-5-9/h1-5,7-8,15-16H,6H2. The predicted molar refractivity (Wildman–Crippen MR) is 64.8 cm³/mol. The molecule has 1 aromatic heterocycles. The number of hydrogen-bond acceptors (Lipinski definition) is 2. The summed E-state index contributed by atoms with van der Waals surface area (Å²) in [6, 6.07) is 9.88. The molecular weight excluding hydrogens is 224 g/mol. The molecule has 0 saturated carbocycles. The number of nitrogens with zero attached hydrogens (tertiary/aromatic N) is 1. The van der Waals surface area contributed by atoms with Crippen LogP contribution in [0.4, 0.5) is 0 Å². The molecule has 0 spiro atoms. The molecule has 0 saturated heterocycles. The molecule has 3 nitrogen and oxygen atoms in total. The van der Waals surface area contributed by atoms with E-state index >= 15 is 0 Å². The Morgan fingerprint density at radius 2 is 1.81 bits per heavy atom. The Morgan fingerprint density at radius 1 is 1.12 bits per heavy atom. The minimum Gasteiger partial charge on any atom is -0.423 e. The molecule has 16 heavy (non-hydrogen) atoms. The van der Waals surface area contributed by atoms with Gasteiger partial charge >= 0.3 is 7.12 Å². The monoisotopic (exact) mass is 235 g/mol. The van der Waals surface area contributed by atoms with Gasteiger partial charge in [0.1, 0.15) is 0 Å². The van der Waals surface area contributed by atoms with E-state index in [2.05, 4.69) is 0 Å². The second kappa shape index (κ2) is 4.74. The predicted octanol–water partition coefficient (Wildman–Crippen LogP) is 0.870. The average Bonchev–Trinajstić information content (AvgIpc) is 2.61. The van der Waals surface area contributed by atoms with Crippen molar-refractivity contribution in [3.05, 3.63) is 53.3 Å². The van der Waals surface area contributed by atoms with E-state index in [0.29, 0.717) is 17.0 Å². The van der Waals surface area contributed by atoms with Crippen molar-refractivity contribution < 1.29 is 10.0 Å². The van der Waals surface area contributed by atoms with Crippen molar-refractivity contribution in [1.29, 1.82) is 0 Å². The highest BCUT2D eigenvalue weighted by molar-refractivity contribution is 6.62. The van der Waals surface area contributed by atoms with Crippen LogP contribution in [0.15, 0.2) is 42.7 Å². The molecule has 5 heteroatoms. The van der Waals surface area contributed by atoms with E-state index in [4.69, 9.17) is 21.6 Å². The van der Waals surface area contributed by atoms with Crippen LogP contribution in [-0.2, 0) is 6.54 Å². The van der Waals surface area contributed by atoms with Gasteiger partial charge in [-0.25, -0.2) is 0 Å². The highest BCUT2D eigenvalue weighted by atomic mass is 35.5. The van der Waals surface area contributed by atoms with E-state index in [9.17, 15) is 0 Å². The van der Waals surface area contributed by atoms with Gasteiger partial charge in [0.2, 0.25) is 0 Å². The van der Waals surface area contributed by atoms with E-state index in [-0.39, 0.29) is 0 Å². The van der Waals surface area contributed by atoms with Crippen LogP contribution >= 0.6 is 11.6 Å². The van der Waals surface area contributed by atoms with Gasteiger partial charge in [-0.2, -0.15) is 0 Å². The van der Waals surface area contributed by atoms with Gasteiger partial charge in [-0.15, -0.1) is 0 Å². The van der Waals surface area contributed by atoms with Gasteiger partial charge in [0, 0.05) is 24.4 Å². The lowest BCUT2D eigenvalue weighted by molar-refractivity contribution is 0.425. The van der Waals surface area contributed by atoms with Crippen LogP contribution in [0, 0.1) is 0 Å². The zero-order valence-electron chi connectivity index (χ0n) is 8.55. The summed E-state index contributed by atoms with van der Waals surface area (Å²) in [5.41, 5.74) is 1.46. The highest BCUT2D eigenvalue weighted by Gasteiger charge is 2.17. The largest absolute Gasteiger partial charge is 0.491 e. The summed E-state index contributed by atoms with van der Waals surface area (Å²) in [7, 11) is -1.52. The van der Waals surface area contributed by atoms with E-state index < -0.39 is 7.12 Å². The number of rotatable bonds is 3. The zero-order chi connectivity index (χ0) is 11.5. The molecule has 2 N–H and O–H groups in total. The van der Waals surface area contributed by atoms with Crippen molar-refractivity contribution in [2.75, 3.05) is 0 Å². The molecule has 82 valence electrons. The molecule has 1 heterocycles. The van der Waals surface area contributed by atoms with Crippen LogP contribution in [0.2, 0.25) is 5.02 Å². The summed E-state index contributed by atoms with van der Waals surface area (Å²) in [5, 5.41) is 18.5. The second-order valence-electron chi connectivity index (χ2n) is 3.59. The van der Waals surface area contributed by atoms with Crippen molar-refractivity contribution in [1.82, 2.24) is 4.57 Å². The third-order valence-electron chi connectivity index (χ3n) is 2.35. The normalized spacial score (nSPS) is 10.4. The maximum absolute atomic E-state index is 9.04. The van der Waals surface area contributed by atoms with E-state index in [0.717, 1.165) is 5.56 Å². The fraction of sp³-hybridized carbons (Fsp3) is 0.0909. The van der Waals surface area contributed by atoms with Crippen molar-refractivity contribution in [3.63, 3.8) is 0 Å². The maximum atomic E-state index is 9.04. The van der Waals surface area contributed by atoms with Crippen LogP contribution in [-0.4, -0.2) is 21.7 Å². The summed E-state index contributed by atoms with van der Waals surface area (Å²) < 4.78 is 1.83.